The largest absolute Gasteiger partial charge is 0.417 e. The lowest BCUT2D eigenvalue weighted by Crippen LogP contribution is -2.40. The molecule has 0 aromatic carbocycles. The molecule has 0 aliphatic carbocycles. The number of carbonyl (C=O) groups is 1. The highest BCUT2D eigenvalue weighted by Gasteiger charge is 2.36. The van der Waals surface area contributed by atoms with Crippen LogP contribution in [0.4, 0.5) is 0 Å². The van der Waals surface area contributed by atoms with Gasteiger partial charge in [0.1, 0.15) is 6.29 Å². The summed E-state index contributed by atoms with van der Waals surface area (Å²) >= 11 is 0. The minimum Gasteiger partial charge on any atom is -0.417 e. The van der Waals surface area contributed by atoms with Crippen LogP contribution in [0.2, 0.25) is 18.1 Å². The van der Waals surface area contributed by atoms with E-state index in [1.165, 1.54) is 6.42 Å². The molecule has 0 rings (SSSR count). The summed E-state index contributed by atoms with van der Waals surface area (Å²) in [5.74, 6) is 0. The maximum atomic E-state index is 10.1. The van der Waals surface area contributed by atoms with E-state index in [0.29, 0.717) is 11.5 Å². The van der Waals surface area contributed by atoms with Crippen molar-refractivity contribution in [3.05, 3.63) is 0 Å². The van der Waals surface area contributed by atoms with Crippen LogP contribution in [0.5, 0.6) is 0 Å². The van der Waals surface area contributed by atoms with E-state index in [0.717, 1.165) is 32.2 Å². The third-order valence-corrected chi connectivity index (χ3v) is 8.02. The van der Waals surface area contributed by atoms with Crippen molar-refractivity contribution >= 4 is 14.6 Å². The lowest BCUT2D eigenvalue weighted by atomic mass is 10.2. The van der Waals surface area contributed by atoms with Gasteiger partial charge in [-0.3, -0.25) is 0 Å². The molecular formula is C13H28O2Si. The Morgan fingerprint density at radius 1 is 1.06 bits per heavy atom. The highest BCUT2D eigenvalue weighted by Crippen LogP contribution is 2.36. The van der Waals surface area contributed by atoms with Crippen molar-refractivity contribution in [3.63, 3.8) is 0 Å². The zero-order valence-electron chi connectivity index (χ0n) is 11.6. The first kappa shape index (κ1) is 15.8. The summed E-state index contributed by atoms with van der Waals surface area (Å²) in [5, 5.41) is 0.310. The van der Waals surface area contributed by atoms with Crippen molar-refractivity contribution in [1.29, 1.82) is 0 Å². The lowest BCUT2D eigenvalue weighted by Gasteiger charge is -2.36. The molecule has 0 saturated heterocycles. The smallest absolute Gasteiger partial charge is 0.191 e. The second-order valence-electron chi connectivity index (χ2n) is 5.98. The van der Waals surface area contributed by atoms with Crippen molar-refractivity contribution in [2.24, 2.45) is 0 Å². The van der Waals surface area contributed by atoms with Gasteiger partial charge in [-0.2, -0.15) is 0 Å². The number of hydrogen-bond acceptors (Lipinski definition) is 2. The number of unbranched alkanes of at least 4 members (excludes halogenated alkanes) is 4. The van der Waals surface area contributed by atoms with Gasteiger partial charge in [0.25, 0.3) is 0 Å². The summed E-state index contributed by atoms with van der Waals surface area (Å²) in [6.07, 6.45) is 6.21. The van der Waals surface area contributed by atoms with Crippen molar-refractivity contribution in [2.75, 3.05) is 6.61 Å². The van der Waals surface area contributed by atoms with Gasteiger partial charge in [0.15, 0.2) is 8.32 Å². The first-order valence-electron chi connectivity index (χ1n) is 6.39. The van der Waals surface area contributed by atoms with Gasteiger partial charge in [0.05, 0.1) is 0 Å². The second-order valence-corrected chi connectivity index (χ2v) is 10.8. The standard InChI is InChI=1S/C13H28O2Si/c1-13(2,3)16(4,5)15-12-10-8-6-7-9-11-14/h11H,6-10,12H2,1-5H3. The van der Waals surface area contributed by atoms with Crippen molar-refractivity contribution in [1.82, 2.24) is 0 Å². The second kappa shape index (κ2) is 7.23. The number of hydrogen-bond donors (Lipinski definition) is 0. The molecule has 0 aromatic rings. The highest BCUT2D eigenvalue weighted by molar-refractivity contribution is 6.74. The monoisotopic (exact) mass is 244 g/mol. The molecule has 0 spiro atoms. The molecule has 0 atom stereocenters. The number of carbonyl (C=O) groups excluding carboxylic acids is 1. The van der Waals surface area contributed by atoms with E-state index < -0.39 is 8.32 Å². The Hall–Kier alpha value is -0.153. The van der Waals surface area contributed by atoms with Crippen molar-refractivity contribution in [3.8, 4) is 0 Å². The van der Waals surface area contributed by atoms with E-state index in [9.17, 15) is 4.79 Å². The lowest BCUT2D eigenvalue weighted by molar-refractivity contribution is -0.107. The van der Waals surface area contributed by atoms with Crippen molar-refractivity contribution in [2.45, 2.75) is 71.0 Å². The summed E-state index contributed by atoms with van der Waals surface area (Å²) in [6, 6.07) is 0. The molecule has 0 heterocycles. The summed E-state index contributed by atoms with van der Waals surface area (Å²) in [4.78, 5) is 10.1. The van der Waals surface area contributed by atoms with E-state index in [1.54, 1.807) is 0 Å². The van der Waals surface area contributed by atoms with Gasteiger partial charge in [-0.25, -0.2) is 0 Å². The van der Waals surface area contributed by atoms with Gasteiger partial charge in [-0.15, -0.1) is 0 Å². The molecule has 0 aliphatic rings. The molecule has 96 valence electrons. The van der Waals surface area contributed by atoms with E-state index in [2.05, 4.69) is 33.9 Å². The first-order valence-corrected chi connectivity index (χ1v) is 9.29. The zero-order chi connectivity index (χ0) is 12.7. The average molecular weight is 244 g/mol. The van der Waals surface area contributed by atoms with Crippen LogP contribution < -0.4 is 0 Å². The molecule has 0 saturated carbocycles. The summed E-state index contributed by atoms with van der Waals surface area (Å²) in [7, 11) is -1.54. The summed E-state index contributed by atoms with van der Waals surface area (Å²) in [5.41, 5.74) is 0. The minimum atomic E-state index is -1.54. The predicted molar refractivity (Wildman–Crippen MR) is 72.3 cm³/mol. The van der Waals surface area contributed by atoms with E-state index in [1.807, 2.05) is 0 Å². The van der Waals surface area contributed by atoms with Crippen LogP contribution in [-0.2, 0) is 9.22 Å². The van der Waals surface area contributed by atoms with E-state index in [4.69, 9.17) is 4.43 Å². The Kier molecular flexibility index (Phi) is 7.16. The van der Waals surface area contributed by atoms with Crippen LogP contribution in [0.25, 0.3) is 0 Å². The molecular weight excluding hydrogens is 216 g/mol. The third-order valence-electron chi connectivity index (χ3n) is 3.49. The Balaban J connectivity index is 3.55. The Morgan fingerprint density at radius 3 is 2.12 bits per heavy atom. The van der Waals surface area contributed by atoms with Crippen LogP contribution in [0.3, 0.4) is 0 Å². The number of aldehydes is 1. The molecule has 0 unspecified atom stereocenters. The van der Waals surface area contributed by atoms with Gasteiger partial charge in [-0.1, -0.05) is 33.6 Å². The summed E-state index contributed by atoms with van der Waals surface area (Å²) < 4.78 is 6.07. The molecule has 0 N–H and O–H groups in total. The minimum absolute atomic E-state index is 0.310. The molecule has 0 aliphatic heterocycles. The van der Waals surface area contributed by atoms with Gasteiger partial charge < -0.3 is 9.22 Å². The van der Waals surface area contributed by atoms with Gasteiger partial charge in [-0.05, 0) is 31.0 Å². The predicted octanol–water partition coefficient (Wildman–Crippen LogP) is 4.16. The fourth-order valence-corrected chi connectivity index (χ4v) is 2.31. The topological polar surface area (TPSA) is 26.3 Å². The Bertz CT molecular complexity index is 195. The molecule has 0 aromatic heterocycles. The maximum absolute atomic E-state index is 10.1. The molecule has 0 bridgehead atoms. The van der Waals surface area contributed by atoms with Gasteiger partial charge in [0, 0.05) is 13.0 Å². The van der Waals surface area contributed by atoms with E-state index >= 15 is 0 Å². The highest BCUT2D eigenvalue weighted by atomic mass is 28.4. The van der Waals surface area contributed by atoms with Crippen molar-refractivity contribution < 1.29 is 9.22 Å². The molecule has 2 nitrogen and oxygen atoms in total. The Labute approximate surface area is 102 Å². The zero-order valence-corrected chi connectivity index (χ0v) is 12.6. The maximum Gasteiger partial charge on any atom is 0.191 e. The van der Waals surface area contributed by atoms with Crippen LogP contribution in [-0.4, -0.2) is 21.2 Å². The third kappa shape index (κ3) is 6.43. The van der Waals surface area contributed by atoms with Gasteiger partial charge in [0.2, 0.25) is 0 Å². The molecule has 0 amide bonds. The fraction of sp³-hybridized carbons (Fsp3) is 0.923. The van der Waals surface area contributed by atoms with Crippen LogP contribution in [0.15, 0.2) is 0 Å². The first-order chi connectivity index (χ1) is 7.31. The number of rotatable bonds is 8. The van der Waals surface area contributed by atoms with Gasteiger partial charge >= 0.3 is 0 Å². The fourth-order valence-electron chi connectivity index (χ4n) is 1.23. The Morgan fingerprint density at radius 2 is 1.62 bits per heavy atom. The average Bonchev–Trinajstić information content (AvgIpc) is 2.14. The quantitative estimate of drug-likeness (QED) is 0.364. The van der Waals surface area contributed by atoms with Crippen LogP contribution in [0, 0.1) is 0 Å². The van der Waals surface area contributed by atoms with Crippen LogP contribution in [0.1, 0.15) is 52.9 Å². The van der Waals surface area contributed by atoms with Crippen LogP contribution >= 0.6 is 0 Å². The SMILES string of the molecule is CC(C)(C)[Si](C)(C)OCCCCCCC=O. The molecule has 0 fully saturated rings. The molecule has 3 heteroatoms. The normalized spacial score (nSPS) is 12.8. The van der Waals surface area contributed by atoms with E-state index in [-0.39, 0.29) is 0 Å². The molecule has 0 radical (unpaired) electrons. The summed E-state index contributed by atoms with van der Waals surface area (Å²) in [6.45, 7) is 12.3. The molecule has 16 heavy (non-hydrogen) atoms.